The molecule has 0 saturated heterocycles. The molecule has 0 saturated carbocycles. The number of hydrogen-bond donors (Lipinski definition) is 0. The van der Waals surface area contributed by atoms with E-state index in [2.05, 4.69) is 66.5 Å². The zero-order valence-corrected chi connectivity index (χ0v) is 17.6. The van der Waals surface area contributed by atoms with Crippen LogP contribution in [0.3, 0.4) is 0 Å². The fourth-order valence-corrected chi connectivity index (χ4v) is 4.83. The normalized spacial score (nSPS) is 11.9. The molecule has 5 heteroatoms. The van der Waals surface area contributed by atoms with Crippen molar-refractivity contribution in [1.29, 1.82) is 0 Å². The highest BCUT2D eigenvalue weighted by atomic mass is 79.9. The Balaban J connectivity index is 2.03. The molecule has 1 aromatic heterocycles. The van der Waals surface area contributed by atoms with E-state index < -0.39 is 0 Å². The second kappa shape index (κ2) is 7.72. The number of amides is 1. The minimum Gasteiger partial charge on any atom is -0.313 e. The molecular weight excluding hydrogens is 408 g/mol. The largest absolute Gasteiger partial charge is 0.313 e. The summed E-state index contributed by atoms with van der Waals surface area (Å²) in [4.78, 5) is 17.8. The predicted octanol–water partition coefficient (Wildman–Crippen LogP) is 5.25. The third-order valence-electron chi connectivity index (χ3n) is 4.35. The summed E-state index contributed by atoms with van der Waals surface area (Å²) in [6.45, 7) is 10.6. The smallest absolute Gasteiger partial charge is 0.252 e. The number of halogens is 1. The first-order valence-electron chi connectivity index (χ1n) is 8.43. The Labute approximate surface area is 165 Å². The molecule has 0 unspecified atom stereocenters. The van der Waals surface area contributed by atoms with Gasteiger partial charge in [-0.05, 0) is 55.7 Å². The van der Waals surface area contributed by atoms with E-state index >= 15 is 0 Å². The van der Waals surface area contributed by atoms with Gasteiger partial charge >= 0.3 is 0 Å². The number of rotatable bonds is 4. The first-order valence-corrected chi connectivity index (χ1v) is 10.0. The first kappa shape index (κ1) is 18.8. The van der Waals surface area contributed by atoms with Gasteiger partial charge in [0.25, 0.3) is 5.91 Å². The number of aryl methyl sites for hydroxylation is 3. The zero-order chi connectivity index (χ0) is 18.8. The molecule has 0 fully saturated rings. The van der Waals surface area contributed by atoms with E-state index in [1.165, 1.54) is 16.9 Å². The van der Waals surface area contributed by atoms with Gasteiger partial charge in [0.15, 0.2) is 4.80 Å². The summed E-state index contributed by atoms with van der Waals surface area (Å²) in [6, 6.07) is 10.3. The van der Waals surface area contributed by atoms with E-state index in [1.54, 1.807) is 0 Å². The van der Waals surface area contributed by atoms with Crippen molar-refractivity contribution in [2.75, 3.05) is 0 Å². The number of allylic oxidation sites excluding steroid dienone is 1. The van der Waals surface area contributed by atoms with Gasteiger partial charge in [0, 0.05) is 11.0 Å². The van der Waals surface area contributed by atoms with Crippen LogP contribution in [0.1, 0.15) is 22.3 Å². The molecule has 0 aliphatic rings. The van der Waals surface area contributed by atoms with Crippen LogP contribution in [-0.2, 0) is 17.8 Å². The van der Waals surface area contributed by atoms with Crippen molar-refractivity contribution < 1.29 is 4.79 Å². The number of fused-ring (bicyclic) bond motifs is 1. The van der Waals surface area contributed by atoms with Crippen LogP contribution in [0.15, 0.2) is 52.5 Å². The number of hydrogen-bond acceptors (Lipinski definition) is 2. The highest BCUT2D eigenvalue weighted by Gasteiger charge is 2.11. The van der Waals surface area contributed by atoms with Crippen molar-refractivity contribution in [3.63, 3.8) is 0 Å². The Morgan fingerprint density at radius 1 is 1.23 bits per heavy atom. The number of carbonyl (C=O) groups excluding carboxylic acids is 1. The third-order valence-corrected chi connectivity index (χ3v) is 5.88. The average Bonchev–Trinajstić information content (AvgIpc) is 2.87. The van der Waals surface area contributed by atoms with Crippen LogP contribution < -0.4 is 4.80 Å². The average molecular weight is 429 g/mol. The number of thiazole rings is 1. The monoisotopic (exact) mass is 428 g/mol. The highest BCUT2D eigenvalue weighted by molar-refractivity contribution is 9.10. The second-order valence-electron chi connectivity index (χ2n) is 6.46. The fourth-order valence-electron chi connectivity index (χ4n) is 3.22. The second-order valence-corrected chi connectivity index (χ2v) is 8.38. The molecule has 0 spiro atoms. The van der Waals surface area contributed by atoms with Gasteiger partial charge in [-0.15, -0.1) is 6.58 Å². The van der Waals surface area contributed by atoms with Gasteiger partial charge in [0.1, 0.15) is 0 Å². The van der Waals surface area contributed by atoms with Crippen LogP contribution in [0.2, 0.25) is 0 Å². The molecule has 0 atom stereocenters. The molecule has 3 nitrogen and oxygen atoms in total. The number of carbonyl (C=O) groups is 1. The van der Waals surface area contributed by atoms with Crippen LogP contribution >= 0.6 is 27.3 Å². The van der Waals surface area contributed by atoms with E-state index in [-0.39, 0.29) is 5.91 Å². The van der Waals surface area contributed by atoms with Crippen LogP contribution in [-0.4, -0.2) is 10.5 Å². The van der Waals surface area contributed by atoms with Crippen LogP contribution in [0, 0.1) is 20.8 Å². The molecule has 0 bridgehead atoms. The highest BCUT2D eigenvalue weighted by Crippen LogP contribution is 2.22. The molecule has 2 aromatic carbocycles. The van der Waals surface area contributed by atoms with E-state index in [0.29, 0.717) is 17.8 Å². The molecule has 1 heterocycles. The summed E-state index contributed by atoms with van der Waals surface area (Å²) in [7, 11) is 0. The molecule has 3 aromatic rings. The summed E-state index contributed by atoms with van der Waals surface area (Å²) >= 11 is 5.03. The molecule has 1 amide bonds. The minimum atomic E-state index is -0.122. The van der Waals surface area contributed by atoms with Gasteiger partial charge in [-0.2, -0.15) is 4.99 Å². The lowest BCUT2D eigenvalue weighted by Gasteiger charge is -2.09. The van der Waals surface area contributed by atoms with E-state index in [1.807, 2.05) is 22.8 Å². The standard InChI is InChI=1S/C21H21BrN2OS/c1-5-8-24-18-7-6-16(22)11-19(18)26-21(24)23-20(25)12-17-14(3)9-13(2)10-15(17)4/h5-7,9-11H,1,8,12H2,2-4H3. The van der Waals surface area contributed by atoms with Gasteiger partial charge < -0.3 is 4.57 Å². The molecule has 3 rings (SSSR count). The van der Waals surface area contributed by atoms with Crippen LogP contribution in [0.5, 0.6) is 0 Å². The van der Waals surface area contributed by atoms with Crippen molar-refractivity contribution in [2.45, 2.75) is 33.7 Å². The van der Waals surface area contributed by atoms with E-state index in [0.717, 1.165) is 31.4 Å². The molecule has 0 aliphatic heterocycles. The molecule has 134 valence electrons. The summed E-state index contributed by atoms with van der Waals surface area (Å²) < 4.78 is 4.14. The molecule has 26 heavy (non-hydrogen) atoms. The fraction of sp³-hybridized carbons (Fsp3) is 0.238. The molecule has 0 radical (unpaired) electrons. The lowest BCUT2D eigenvalue weighted by atomic mass is 9.97. The maximum Gasteiger partial charge on any atom is 0.252 e. The maximum atomic E-state index is 12.7. The molecule has 0 aliphatic carbocycles. The van der Waals surface area contributed by atoms with Gasteiger partial charge in [0.05, 0.1) is 16.6 Å². The van der Waals surface area contributed by atoms with Crippen molar-refractivity contribution in [3.8, 4) is 0 Å². The van der Waals surface area contributed by atoms with Gasteiger partial charge in [0.2, 0.25) is 0 Å². The van der Waals surface area contributed by atoms with Crippen molar-refractivity contribution in [3.05, 3.63) is 74.5 Å². The number of nitrogens with zero attached hydrogens (tertiary/aromatic N) is 2. The molecule has 0 N–H and O–H groups in total. The van der Waals surface area contributed by atoms with Crippen molar-refractivity contribution >= 4 is 43.4 Å². The van der Waals surface area contributed by atoms with Crippen LogP contribution in [0.25, 0.3) is 10.2 Å². The Kier molecular flexibility index (Phi) is 5.58. The Morgan fingerprint density at radius 2 is 1.92 bits per heavy atom. The summed E-state index contributed by atoms with van der Waals surface area (Å²) in [5.41, 5.74) is 5.64. The van der Waals surface area contributed by atoms with Gasteiger partial charge in [-0.1, -0.05) is 51.0 Å². The Bertz CT molecular complexity index is 1050. The number of aromatic nitrogens is 1. The van der Waals surface area contributed by atoms with Crippen molar-refractivity contribution in [2.24, 2.45) is 4.99 Å². The Morgan fingerprint density at radius 3 is 2.58 bits per heavy atom. The summed E-state index contributed by atoms with van der Waals surface area (Å²) in [5, 5.41) is 0. The predicted molar refractivity (Wildman–Crippen MR) is 113 cm³/mol. The van der Waals surface area contributed by atoms with Crippen LogP contribution in [0.4, 0.5) is 0 Å². The summed E-state index contributed by atoms with van der Waals surface area (Å²) in [5.74, 6) is -0.122. The van der Waals surface area contributed by atoms with E-state index in [9.17, 15) is 4.79 Å². The van der Waals surface area contributed by atoms with Gasteiger partial charge in [-0.25, -0.2) is 0 Å². The zero-order valence-electron chi connectivity index (χ0n) is 15.2. The summed E-state index contributed by atoms with van der Waals surface area (Å²) in [6.07, 6.45) is 2.15. The van der Waals surface area contributed by atoms with E-state index in [4.69, 9.17) is 0 Å². The number of benzene rings is 2. The lowest BCUT2D eigenvalue weighted by molar-refractivity contribution is -0.117. The van der Waals surface area contributed by atoms with Gasteiger partial charge in [-0.3, -0.25) is 4.79 Å². The third kappa shape index (κ3) is 3.89. The minimum absolute atomic E-state index is 0.122. The topological polar surface area (TPSA) is 34.4 Å². The first-order chi connectivity index (χ1) is 12.4. The Hall–Kier alpha value is -1.98. The lowest BCUT2D eigenvalue weighted by Crippen LogP contribution is -2.17. The quantitative estimate of drug-likeness (QED) is 0.522. The van der Waals surface area contributed by atoms with Crippen molar-refractivity contribution in [1.82, 2.24) is 4.57 Å². The SMILES string of the molecule is C=CCn1c(=NC(=O)Cc2c(C)cc(C)cc2C)sc2cc(Br)ccc21. The molecular formula is C21H21BrN2OS. The maximum absolute atomic E-state index is 12.7.